The third kappa shape index (κ3) is 2.86. The Kier molecular flexibility index (Phi) is 3.97. The number of carbonyl (C=O) groups excluding carboxylic acids is 1. The summed E-state index contributed by atoms with van der Waals surface area (Å²) in [4.78, 5) is 17.9. The molecule has 0 saturated heterocycles. The first-order valence-electron chi connectivity index (χ1n) is 5.14. The van der Waals surface area contributed by atoms with E-state index in [0.717, 1.165) is 5.56 Å². The molecule has 1 unspecified atom stereocenters. The van der Waals surface area contributed by atoms with Crippen LogP contribution in [0.2, 0.25) is 0 Å². The van der Waals surface area contributed by atoms with E-state index in [1.807, 2.05) is 45.0 Å². The molecule has 0 aliphatic rings. The van der Waals surface area contributed by atoms with Gasteiger partial charge in [-0.15, -0.1) is 0 Å². The Hall–Kier alpha value is -1.22. The van der Waals surface area contributed by atoms with Crippen LogP contribution in [0.25, 0.3) is 0 Å². The fourth-order valence-corrected chi connectivity index (χ4v) is 1.58. The lowest BCUT2D eigenvalue weighted by molar-refractivity contribution is -0.126. The molecule has 3 nitrogen and oxygen atoms in total. The van der Waals surface area contributed by atoms with Crippen molar-refractivity contribution in [2.45, 2.75) is 19.9 Å². The average Bonchev–Trinajstić information content (AvgIpc) is 2.18. The van der Waals surface area contributed by atoms with Gasteiger partial charge in [0.25, 0.3) is 0 Å². The second-order valence-corrected chi connectivity index (χ2v) is 4.20. The third-order valence-electron chi connectivity index (χ3n) is 2.38. The van der Waals surface area contributed by atoms with E-state index in [2.05, 4.69) is 4.98 Å². The van der Waals surface area contributed by atoms with E-state index in [1.165, 1.54) is 0 Å². The van der Waals surface area contributed by atoms with Gasteiger partial charge < -0.3 is 0 Å². The number of likely N-dealkylation sites (N-methyl/N-ethyl adjacent to an activating group) is 1. The third-order valence-corrected chi connectivity index (χ3v) is 2.38. The molecule has 1 atom stereocenters. The summed E-state index contributed by atoms with van der Waals surface area (Å²) in [6.45, 7) is 3.86. The lowest BCUT2D eigenvalue weighted by Crippen LogP contribution is -2.30. The topological polar surface area (TPSA) is 33.2 Å². The molecule has 1 aromatic rings. The van der Waals surface area contributed by atoms with Crippen LogP contribution in [0.4, 0.5) is 0 Å². The van der Waals surface area contributed by atoms with Crippen LogP contribution in [-0.2, 0) is 4.79 Å². The number of aromatic nitrogens is 1. The highest BCUT2D eigenvalue weighted by atomic mass is 16.1. The molecule has 1 heterocycles. The molecule has 0 bridgehead atoms. The van der Waals surface area contributed by atoms with E-state index < -0.39 is 0 Å². The van der Waals surface area contributed by atoms with Gasteiger partial charge >= 0.3 is 0 Å². The quantitative estimate of drug-likeness (QED) is 0.754. The molecule has 0 amide bonds. The van der Waals surface area contributed by atoms with Crippen LogP contribution in [0.1, 0.15) is 25.5 Å². The number of hydrogen-bond donors (Lipinski definition) is 0. The fraction of sp³-hybridized carbons (Fsp3) is 0.500. The summed E-state index contributed by atoms with van der Waals surface area (Å²) >= 11 is 0. The van der Waals surface area contributed by atoms with Gasteiger partial charge in [-0.25, -0.2) is 0 Å². The Morgan fingerprint density at radius 3 is 2.20 bits per heavy atom. The molecule has 0 aliphatic carbocycles. The lowest BCUT2D eigenvalue weighted by atomic mass is 9.95. The van der Waals surface area contributed by atoms with Crippen molar-refractivity contribution in [1.82, 2.24) is 9.88 Å². The maximum atomic E-state index is 12.0. The van der Waals surface area contributed by atoms with Gasteiger partial charge in [-0.1, -0.05) is 13.8 Å². The number of nitrogens with zero attached hydrogens (tertiary/aromatic N) is 2. The average molecular weight is 206 g/mol. The summed E-state index contributed by atoms with van der Waals surface area (Å²) < 4.78 is 0. The van der Waals surface area contributed by atoms with E-state index in [0.29, 0.717) is 0 Å². The fourth-order valence-electron chi connectivity index (χ4n) is 1.58. The number of rotatable bonds is 4. The van der Waals surface area contributed by atoms with Crippen molar-refractivity contribution in [2.75, 3.05) is 14.1 Å². The standard InChI is InChI=1S/C12H18N2O/c1-9(2)12(15)11(14(3)4)10-5-7-13-8-6-10/h5-9,11H,1-4H3. The number of ketones is 1. The summed E-state index contributed by atoms with van der Waals surface area (Å²) in [6.07, 6.45) is 3.44. The molecule has 0 aliphatic heterocycles. The normalized spacial score (nSPS) is 13.2. The summed E-state index contributed by atoms with van der Waals surface area (Å²) in [5.74, 6) is 0.289. The lowest BCUT2D eigenvalue weighted by Gasteiger charge is -2.24. The molecule has 1 rings (SSSR count). The largest absolute Gasteiger partial charge is 0.297 e. The van der Waals surface area contributed by atoms with Gasteiger partial charge in [0.15, 0.2) is 5.78 Å². The molecular formula is C12H18N2O. The number of carbonyl (C=O) groups is 1. The predicted octanol–water partition coefficient (Wildman–Crippen LogP) is 1.91. The Labute approximate surface area is 91.1 Å². The predicted molar refractivity (Wildman–Crippen MR) is 60.5 cm³/mol. The maximum Gasteiger partial charge on any atom is 0.156 e. The van der Waals surface area contributed by atoms with Crippen molar-refractivity contribution in [1.29, 1.82) is 0 Å². The van der Waals surface area contributed by atoms with Crippen LogP contribution in [0, 0.1) is 5.92 Å². The second kappa shape index (κ2) is 5.03. The minimum absolute atomic E-state index is 0.0468. The molecule has 0 aromatic carbocycles. The van der Waals surface area contributed by atoms with Crippen molar-refractivity contribution in [2.24, 2.45) is 5.92 Å². The Morgan fingerprint density at radius 2 is 1.80 bits per heavy atom. The van der Waals surface area contributed by atoms with Crippen LogP contribution in [-0.4, -0.2) is 29.8 Å². The van der Waals surface area contributed by atoms with E-state index in [-0.39, 0.29) is 17.7 Å². The molecule has 0 spiro atoms. The first kappa shape index (κ1) is 11.9. The molecular weight excluding hydrogens is 188 g/mol. The minimum Gasteiger partial charge on any atom is -0.297 e. The van der Waals surface area contributed by atoms with E-state index in [1.54, 1.807) is 12.4 Å². The number of Topliss-reactive ketones (excluding diaryl/α,β-unsaturated/α-hetero) is 1. The van der Waals surface area contributed by atoms with Crippen LogP contribution in [0.15, 0.2) is 24.5 Å². The van der Waals surface area contributed by atoms with Crippen molar-refractivity contribution in [3.63, 3.8) is 0 Å². The van der Waals surface area contributed by atoms with Crippen molar-refractivity contribution in [3.05, 3.63) is 30.1 Å². The van der Waals surface area contributed by atoms with Crippen LogP contribution in [0.5, 0.6) is 0 Å². The first-order valence-corrected chi connectivity index (χ1v) is 5.14. The van der Waals surface area contributed by atoms with Crippen molar-refractivity contribution in [3.8, 4) is 0 Å². The number of pyridine rings is 1. The Bertz CT molecular complexity index is 320. The molecule has 0 fully saturated rings. The summed E-state index contributed by atoms with van der Waals surface area (Å²) in [5.41, 5.74) is 1.01. The molecule has 3 heteroatoms. The SMILES string of the molecule is CC(C)C(=O)C(c1ccncc1)N(C)C. The van der Waals surface area contributed by atoms with Gasteiger partial charge in [0.2, 0.25) is 0 Å². The highest BCUT2D eigenvalue weighted by Crippen LogP contribution is 2.21. The van der Waals surface area contributed by atoms with Gasteiger partial charge in [0.05, 0.1) is 6.04 Å². The van der Waals surface area contributed by atoms with Crippen LogP contribution in [0.3, 0.4) is 0 Å². The van der Waals surface area contributed by atoms with E-state index in [9.17, 15) is 4.79 Å². The molecule has 15 heavy (non-hydrogen) atoms. The van der Waals surface area contributed by atoms with Crippen LogP contribution < -0.4 is 0 Å². The zero-order valence-corrected chi connectivity index (χ0v) is 9.77. The first-order chi connectivity index (χ1) is 7.04. The minimum atomic E-state index is -0.159. The summed E-state index contributed by atoms with van der Waals surface area (Å²) in [5, 5.41) is 0. The van der Waals surface area contributed by atoms with E-state index in [4.69, 9.17) is 0 Å². The van der Waals surface area contributed by atoms with Gasteiger partial charge in [-0.2, -0.15) is 0 Å². The molecule has 0 N–H and O–H groups in total. The number of hydrogen-bond acceptors (Lipinski definition) is 3. The maximum absolute atomic E-state index is 12.0. The summed E-state index contributed by atoms with van der Waals surface area (Å²) in [6, 6.07) is 3.63. The van der Waals surface area contributed by atoms with Crippen molar-refractivity contribution < 1.29 is 4.79 Å². The van der Waals surface area contributed by atoms with Gasteiger partial charge in [-0.3, -0.25) is 14.7 Å². The molecule has 0 saturated carbocycles. The molecule has 82 valence electrons. The monoisotopic (exact) mass is 206 g/mol. The van der Waals surface area contributed by atoms with Gasteiger partial charge in [0.1, 0.15) is 0 Å². The zero-order valence-electron chi connectivity index (χ0n) is 9.77. The van der Waals surface area contributed by atoms with E-state index >= 15 is 0 Å². The highest BCUT2D eigenvalue weighted by Gasteiger charge is 2.24. The molecule has 1 aromatic heterocycles. The van der Waals surface area contributed by atoms with Gasteiger partial charge in [0, 0.05) is 18.3 Å². The molecule has 0 radical (unpaired) electrons. The highest BCUT2D eigenvalue weighted by molar-refractivity contribution is 5.86. The Balaban J connectivity index is 2.99. The zero-order chi connectivity index (χ0) is 11.4. The Morgan fingerprint density at radius 1 is 1.27 bits per heavy atom. The second-order valence-electron chi connectivity index (χ2n) is 4.20. The summed E-state index contributed by atoms with van der Waals surface area (Å²) in [7, 11) is 3.84. The smallest absolute Gasteiger partial charge is 0.156 e. The van der Waals surface area contributed by atoms with Crippen molar-refractivity contribution >= 4 is 5.78 Å². The van der Waals surface area contributed by atoms with Crippen LogP contribution >= 0.6 is 0 Å². The van der Waals surface area contributed by atoms with Gasteiger partial charge in [-0.05, 0) is 31.8 Å².